The Morgan fingerprint density at radius 2 is 1.95 bits per heavy atom. The quantitative estimate of drug-likeness (QED) is 0.647. The maximum atomic E-state index is 10.7. The predicted molar refractivity (Wildman–Crippen MR) is 82.7 cm³/mol. The summed E-state index contributed by atoms with van der Waals surface area (Å²) < 4.78 is 0.645. The summed E-state index contributed by atoms with van der Waals surface area (Å²) in [7, 11) is 0. The van der Waals surface area contributed by atoms with E-state index in [0.29, 0.717) is 11.0 Å². The molecule has 0 heterocycles. The molecule has 0 bridgehead atoms. The van der Waals surface area contributed by atoms with Gasteiger partial charge in [-0.15, -0.1) is 0 Å². The van der Waals surface area contributed by atoms with Gasteiger partial charge < -0.3 is 11.1 Å². The van der Waals surface area contributed by atoms with Crippen LogP contribution < -0.4 is 11.1 Å². The van der Waals surface area contributed by atoms with Gasteiger partial charge >= 0.3 is 0 Å². The number of nitrogens with two attached hydrogens (primary N) is 1. The number of hydrogen-bond acceptors (Lipinski definition) is 4. The molecular weight excluding hydrogens is 322 g/mol. The minimum atomic E-state index is -0.426. The average Bonchev–Trinajstić information content (AvgIpc) is 2.46. The highest BCUT2D eigenvalue weighted by Crippen LogP contribution is 2.27. The SMILES string of the molecule is NC(CNc1ccc([N+](=O)[O-])cc1Br)c1ccccc1. The van der Waals surface area contributed by atoms with E-state index < -0.39 is 4.92 Å². The van der Waals surface area contributed by atoms with Gasteiger partial charge in [-0.05, 0) is 27.6 Å². The van der Waals surface area contributed by atoms with Crippen LogP contribution in [0.15, 0.2) is 53.0 Å². The fraction of sp³-hybridized carbons (Fsp3) is 0.143. The summed E-state index contributed by atoms with van der Waals surface area (Å²) >= 11 is 3.31. The van der Waals surface area contributed by atoms with Crippen LogP contribution in [-0.2, 0) is 0 Å². The van der Waals surface area contributed by atoms with Gasteiger partial charge in [-0.1, -0.05) is 30.3 Å². The molecular formula is C14H14BrN3O2. The average molecular weight is 336 g/mol. The molecule has 0 aliphatic heterocycles. The molecule has 5 nitrogen and oxygen atoms in total. The van der Waals surface area contributed by atoms with Crippen LogP contribution in [0.1, 0.15) is 11.6 Å². The maximum absolute atomic E-state index is 10.7. The zero-order chi connectivity index (χ0) is 14.5. The van der Waals surface area contributed by atoms with Crippen molar-refractivity contribution in [3.8, 4) is 0 Å². The van der Waals surface area contributed by atoms with Crippen molar-refractivity contribution in [2.75, 3.05) is 11.9 Å². The second kappa shape index (κ2) is 6.49. The van der Waals surface area contributed by atoms with Gasteiger partial charge in [-0.2, -0.15) is 0 Å². The predicted octanol–water partition coefficient (Wildman–Crippen LogP) is 3.47. The molecule has 0 saturated heterocycles. The van der Waals surface area contributed by atoms with Crippen LogP contribution in [0, 0.1) is 10.1 Å². The van der Waals surface area contributed by atoms with Crippen molar-refractivity contribution in [2.24, 2.45) is 5.73 Å². The molecule has 20 heavy (non-hydrogen) atoms. The van der Waals surface area contributed by atoms with Crippen LogP contribution >= 0.6 is 15.9 Å². The van der Waals surface area contributed by atoms with Crippen LogP contribution in [0.5, 0.6) is 0 Å². The highest BCUT2D eigenvalue weighted by atomic mass is 79.9. The van der Waals surface area contributed by atoms with Gasteiger partial charge in [0.25, 0.3) is 5.69 Å². The zero-order valence-corrected chi connectivity index (χ0v) is 12.2. The summed E-state index contributed by atoms with van der Waals surface area (Å²) in [6.45, 7) is 0.542. The van der Waals surface area contributed by atoms with Crippen LogP contribution in [-0.4, -0.2) is 11.5 Å². The smallest absolute Gasteiger partial charge is 0.270 e. The standard InChI is InChI=1S/C14H14BrN3O2/c15-12-8-11(18(19)20)6-7-14(12)17-9-13(16)10-4-2-1-3-5-10/h1-8,13,17H,9,16H2. The van der Waals surface area contributed by atoms with Gasteiger partial charge in [-0.3, -0.25) is 10.1 Å². The molecule has 2 aromatic rings. The summed E-state index contributed by atoms with van der Waals surface area (Å²) in [5.74, 6) is 0. The van der Waals surface area contributed by atoms with E-state index in [4.69, 9.17) is 5.73 Å². The van der Waals surface area contributed by atoms with Crippen LogP contribution in [0.4, 0.5) is 11.4 Å². The van der Waals surface area contributed by atoms with Gasteiger partial charge in [0.15, 0.2) is 0 Å². The lowest BCUT2D eigenvalue weighted by Gasteiger charge is -2.15. The summed E-state index contributed by atoms with van der Waals surface area (Å²) in [6.07, 6.45) is 0. The lowest BCUT2D eigenvalue weighted by atomic mass is 10.1. The Morgan fingerprint density at radius 1 is 1.25 bits per heavy atom. The summed E-state index contributed by atoms with van der Waals surface area (Å²) in [5, 5.41) is 13.8. The summed E-state index contributed by atoms with van der Waals surface area (Å²) in [5.41, 5.74) is 7.96. The third kappa shape index (κ3) is 3.55. The molecule has 2 aromatic carbocycles. The van der Waals surface area contributed by atoms with Gasteiger partial charge in [0.1, 0.15) is 0 Å². The first-order valence-corrected chi connectivity index (χ1v) is 6.85. The third-order valence-corrected chi connectivity index (χ3v) is 3.56. The van der Waals surface area contributed by atoms with Crippen molar-refractivity contribution >= 4 is 27.3 Å². The van der Waals surface area contributed by atoms with Crippen molar-refractivity contribution in [3.05, 3.63) is 68.7 Å². The molecule has 0 aromatic heterocycles. The molecule has 1 unspecified atom stereocenters. The molecule has 1 atom stereocenters. The second-order valence-corrected chi connectivity index (χ2v) is 5.17. The van der Waals surface area contributed by atoms with E-state index in [1.165, 1.54) is 12.1 Å². The minimum Gasteiger partial charge on any atom is -0.382 e. The number of nitrogens with one attached hydrogen (secondary N) is 1. The zero-order valence-electron chi connectivity index (χ0n) is 10.6. The Kier molecular flexibility index (Phi) is 4.70. The summed E-state index contributed by atoms with van der Waals surface area (Å²) in [4.78, 5) is 10.2. The number of nitro benzene ring substituents is 1. The van der Waals surface area contributed by atoms with Crippen LogP contribution in [0.25, 0.3) is 0 Å². The molecule has 0 amide bonds. The molecule has 0 aliphatic carbocycles. The summed E-state index contributed by atoms with van der Waals surface area (Å²) in [6, 6.07) is 14.2. The molecule has 0 aliphatic rings. The lowest BCUT2D eigenvalue weighted by Crippen LogP contribution is -2.20. The van der Waals surface area contributed by atoms with E-state index in [1.807, 2.05) is 30.3 Å². The second-order valence-electron chi connectivity index (χ2n) is 4.32. The number of non-ortho nitro benzene ring substituents is 1. The topological polar surface area (TPSA) is 81.2 Å². The molecule has 0 fully saturated rings. The molecule has 6 heteroatoms. The first-order valence-electron chi connectivity index (χ1n) is 6.06. The first-order chi connectivity index (χ1) is 9.58. The van der Waals surface area contributed by atoms with Crippen molar-refractivity contribution in [1.29, 1.82) is 0 Å². The lowest BCUT2D eigenvalue weighted by molar-refractivity contribution is -0.384. The largest absolute Gasteiger partial charge is 0.382 e. The van der Waals surface area contributed by atoms with E-state index in [9.17, 15) is 10.1 Å². The number of nitro groups is 1. The van der Waals surface area contributed by atoms with E-state index >= 15 is 0 Å². The van der Waals surface area contributed by atoms with Crippen LogP contribution in [0.3, 0.4) is 0 Å². The number of benzene rings is 2. The van der Waals surface area contributed by atoms with E-state index in [2.05, 4.69) is 21.2 Å². The Labute approximate surface area is 125 Å². The molecule has 2 rings (SSSR count). The Hall–Kier alpha value is -1.92. The number of halogens is 1. The Balaban J connectivity index is 2.02. The van der Waals surface area contributed by atoms with Crippen molar-refractivity contribution in [2.45, 2.75) is 6.04 Å². The molecule has 0 spiro atoms. The Morgan fingerprint density at radius 3 is 2.55 bits per heavy atom. The molecule has 0 saturated carbocycles. The third-order valence-electron chi connectivity index (χ3n) is 2.90. The number of rotatable bonds is 5. The van der Waals surface area contributed by atoms with Crippen LogP contribution in [0.2, 0.25) is 0 Å². The van der Waals surface area contributed by atoms with Gasteiger partial charge in [0.2, 0.25) is 0 Å². The molecule has 3 N–H and O–H groups in total. The van der Waals surface area contributed by atoms with E-state index in [1.54, 1.807) is 6.07 Å². The Bertz CT molecular complexity index is 605. The highest BCUT2D eigenvalue weighted by Gasteiger charge is 2.10. The minimum absolute atomic E-state index is 0.0507. The number of hydrogen-bond donors (Lipinski definition) is 2. The van der Waals surface area contributed by atoms with E-state index in [-0.39, 0.29) is 11.7 Å². The van der Waals surface area contributed by atoms with E-state index in [0.717, 1.165) is 11.3 Å². The fourth-order valence-electron chi connectivity index (χ4n) is 1.80. The van der Waals surface area contributed by atoms with Crippen molar-refractivity contribution in [1.82, 2.24) is 0 Å². The number of nitrogens with zero attached hydrogens (tertiary/aromatic N) is 1. The molecule has 0 radical (unpaired) electrons. The highest BCUT2D eigenvalue weighted by molar-refractivity contribution is 9.10. The monoisotopic (exact) mass is 335 g/mol. The fourth-order valence-corrected chi connectivity index (χ4v) is 2.31. The van der Waals surface area contributed by atoms with Gasteiger partial charge in [-0.25, -0.2) is 0 Å². The van der Waals surface area contributed by atoms with Crippen molar-refractivity contribution in [3.63, 3.8) is 0 Å². The van der Waals surface area contributed by atoms with Gasteiger partial charge in [0.05, 0.1) is 4.92 Å². The first kappa shape index (κ1) is 14.5. The number of anilines is 1. The van der Waals surface area contributed by atoms with Gasteiger partial charge in [0, 0.05) is 34.9 Å². The van der Waals surface area contributed by atoms with Crippen molar-refractivity contribution < 1.29 is 4.92 Å². The maximum Gasteiger partial charge on any atom is 0.270 e. The normalized spacial score (nSPS) is 11.9. The molecule has 104 valence electrons.